The van der Waals surface area contributed by atoms with Crippen molar-refractivity contribution >= 4 is 33.9 Å². The van der Waals surface area contributed by atoms with Crippen molar-refractivity contribution in [2.45, 2.75) is 26.6 Å². The van der Waals surface area contributed by atoms with E-state index in [1.54, 1.807) is 11.3 Å². The maximum atomic E-state index is 5.35. The van der Waals surface area contributed by atoms with E-state index < -0.39 is 0 Å². The van der Waals surface area contributed by atoms with Crippen LogP contribution in [-0.2, 0) is 11.3 Å². The molecule has 1 heterocycles. The predicted octanol–water partition coefficient (Wildman–Crippen LogP) is 2.07. The Morgan fingerprint density at radius 1 is 1.55 bits per heavy atom. The number of hydrogen-bond acceptors (Lipinski definition) is 4. The van der Waals surface area contributed by atoms with Gasteiger partial charge < -0.3 is 4.74 Å². The van der Waals surface area contributed by atoms with Gasteiger partial charge in [-0.25, -0.2) is 0 Å². The van der Waals surface area contributed by atoms with Crippen LogP contribution in [0, 0.1) is 3.01 Å². The van der Waals surface area contributed by atoms with Crippen molar-refractivity contribution in [1.82, 2.24) is 10.2 Å². The molecule has 0 bridgehead atoms. The van der Waals surface area contributed by atoms with Crippen molar-refractivity contribution in [3.63, 3.8) is 0 Å². The largest absolute Gasteiger partial charge is 0.372 e. The zero-order valence-electron chi connectivity index (χ0n) is 6.37. The van der Waals surface area contributed by atoms with Gasteiger partial charge in [0.05, 0.1) is 6.10 Å². The molecule has 1 rings (SSSR count). The third kappa shape index (κ3) is 3.44. The van der Waals surface area contributed by atoms with Gasteiger partial charge in [-0.3, -0.25) is 0 Å². The van der Waals surface area contributed by atoms with Gasteiger partial charge >= 0.3 is 0 Å². The fourth-order valence-electron chi connectivity index (χ4n) is 0.529. The molecule has 0 radical (unpaired) electrons. The Morgan fingerprint density at radius 2 is 2.27 bits per heavy atom. The molecule has 0 spiro atoms. The van der Waals surface area contributed by atoms with Gasteiger partial charge in [-0.05, 0) is 36.4 Å². The van der Waals surface area contributed by atoms with E-state index >= 15 is 0 Å². The minimum atomic E-state index is 0.261. The van der Waals surface area contributed by atoms with Crippen molar-refractivity contribution in [2.75, 3.05) is 0 Å². The van der Waals surface area contributed by atoms with Crippen LogP contribution in [0.4, 0.5) is 0 Å². The summed E-state index contributed by atoms with van der Waals surface area (Å²) in [6.07, 6.45) is 0.261. The van der Waals surface area contributed by atoms with Crippen LogP contribution in [-0.4, -0.2) is 16.3 Å². The lowest BCUT2D eigenvalue weighted by Gasteiger charge is -2.02. The summed E-state index contributed by atoms with van der Waals surface area (Å²) in [5.74, 6) is 0. The topological polar surface area (TPSA) is 35.0 Å². The number of aromatic nitrogens is 2. The molecule has 1 aromatic rings. The second-order valence-electron chi connectivity index (χ2n) is 2.31. The van der Waals surface area contributed by atoms with E-state index in [2.05, 4.69) is 32.8 Å². The van der Waals surface area contributed by atoms with Gasteiger partial charge in [0.15, 0.2) is 3.01 Å². The second kappa shape index (κ2) is 4.32. The molecule has 0 unspecified atom stereocenters. The molecule has 0 aliphatic heterocycles. The van der Waals surface area contributed by atoms with Crippen LogP contribution in [0.5, 0.6) is 0 Å². The fourth-order valence-corrected chi connectivity index (χ4v) is 1.88. The van der Waals surface area contributed by atoms with E-state index in [-0.39, 0.29) is 6.10 Å². The first kappa shape index (κ1) is 9.34. The minimum Gasteiger partial charge on any atom is -0.372 e. The van der Waals surface area contributed by atoms with Crippen molar-refractivity contribution in [2.24, 2.45) is 0 Å². The van der Waals surface area contributed by atoms with Crippen LogP contribution in [0.25, 0.3) is 0 Å². The molecule has 0 saturated heterocycles. The van der Waals surface area contributed by atoms with Crippen molar-refractivity contribution < 1.29 is 4.74 Å². The summed E-state index contributed by atoms with van der Waals surface area (Å²) in [7, 11) is 0. The SMILES string of the molecule is CC(C)OCc1nnc(I)s1. The zero-order valence-corrected chi connectivity index (χ0v) is 9.35. The summed E-state index contributed by atoms with van der Waals surface area (Å²) in [6, 6.07) is 0. The van der Waals surface area contributed by atoms with E-state index in [0.717, 1.165) is 8.02 Å². The molecule has 62 valence electrons. The first-order valence-electron chi connectivity index (χ1n) is 3.28. The molecule has 0 aromatic carbocycles. The highest BCUT2D eigenvalue weighted by atomic mass is 127. The average Bonchev–Trinajstić information content (AvgIpc) is 2.31. The van der Waals surface area contributed by atoms with Gasteiger partial charge in [-0.15, -0.1) is 10.2 Å². The van der Waals surface area contributed by atoms with E-state index in [0.29, 0.717) is 6.61 Å². The summed E-state index contributed by atoms with van der Waals surface area (Å²) in [4.78, 5) is 0. The molecule has 0 amide bonds. The number of hydrogen-bond donors (Lipinski definition) is 0. The van der Waals surface area contributed by atoms with Crippen LogP contribution in [0.3, 0.4) is 0 Å². The summed E-state index contributed by atoms with van der Waals surface area (Å²) < 4.78 is 6.31. The van der Waals surface area contributed by atoms with Crippen LogP contribution in [0.2, 0.25) is 0 Å². The van der Waals surface area contributed by atoms with Crippen molar-refractivity contribution in [3.8, 4) is 0 Å². The quantitative estimate of drug-likeness (QED) is 0.797. The lowest BCUT2D eigenvalue weighted by Crippen LogP contribution is -2.01. The molecular formula is C6H9IN2OS. The van der Waals surface area contributed by atoms with Crippen LogP contribution in [0.15, 0.2) is 0 Å². The second-order valence-corrected chi connectivity index (χ2v) is 5.12. The Kier molecular flexibility index (Phi) is 3.67. The van der Waals surface area contributed by atoms with Crippen LogP contribution < -0.4 is 0 Å². The van der Waals surface area contributed by atoms with Crippen LogP contribution >= 0.6 is 33.9 Å². The first-order valence-corrected chi connectivity index (χ1v) is 5.17. The maximum Gasteiger partial charge on any atom is 0.178 e. The van der Waals surface area contributed by atoms with Gasteiger partial charge in [0.1, 0.15) is 11.6 Å². The number of ether oxygens (including phenoxy) is 1. The van der Waals surface area contributed by atoms with Gasteiger partial charge in [0, 0.05) is 0 Å². The Balaban J connectivity index is 2.39. The highest BCUT2D eigenvalue weighted by Crippen LogP contribution is 2.12. The standard InChI is InChI=1S/C6H9IN2OS/c1-4(2)10-3-5-8-9-6(7)11-5/h4H,3H2,1-2H3. The smallest absolute Gasteiger partial charge is 0.178 e. The molecule has 0 aliphatic rings. The first-order chi connectivity index (χ1) is 5.18. The molecule has 0 saturated carbocycles. The molecule has 11 heavy (non-hydrogen) atoms. The Hall–Kier alpha value is 0.250. The summed E-state index contributed by atoms with van der Waals surface area (Å²) in [5, 5.41) is 8.74. The van der Waals surface area contributed by atoms with Gasteiger partial charge in [-0.1, -0.05) is 11.3 Å². The minimum absolute atomic E-state index is 0.261. The molecule has 0 fully saturated rings. The third-order valence-corrected chi connectivity index (χ3v) is 2.54. The number of nitrogens with zero attached hydrogens (tertiary/aromatic N) is 2. The lowest BCUT2D eigenvalue weighted by molar-refractivity contribution is 0.0652. The molecule has 3 nitrogen and oxygen atoms in total. The molecule has 1 aromatic heterocycles. The molecule has 0 atom stereocenters. The van der Waals surface area contributed by atoms with E-state index in [1.807, 2.05) is 13.8 Å². The lowest BCUT2D eigenvalue weighted by atomic mass is 10.5. The van der Waals surface area contributed by atoms with E-state index in [9.17, 15) is 0 Å². The Bertz CT molecular complexity index is 226. The molecular weight excluding hydrogens is 275 g/mol. The summed E-state index contributed by atoms with van der Waals surface area (Å²) in [6.45, 7) is 4.59. The molecule has 0 aliphatic carbocycles. The highest BCUT2D eigenvalue weighted by molar-refractivity contribution is 14.1. The van der Waals surface area contributed by atoms with Gasteiger partial charge in [-0.2, -0.15) is 0 Å². The van der Waals surface area contributed by atoms with Gasteiger partial charge in [0.25, 0.3) is 0 Å². The normalized spacial score (nSPS) is 10.9. The van der Waals surface area contributed by atoms with Gasteiger partial charge in [0.2, 0.25) is 0 Å². The van der Waals surface area contributed by atoms with Crippen molar-refractivity contribution in [1.29, 1.82) is 0 Å². The summed E-state index contributed by atoms with van der Waals surface area (Å²) in [5.41, 5.74) is 0. The monoisotopic (exact) mass is 284 g/mol. The average molecular weight is 284 g/mol. The van der Waals surface area contributed by atoms with E-state index in [4.69, 9.17) is 4.74 Å². The third-order valence-electron chi connectivity index (χ3n) is 0.982. The number of rotatable bonds is 3. The highest BCUT2D eigenvalue weighted by Gasteiger charge is 2.01. The Labute approximate surface area is 83.3 Å². The molecule has 0 N–H and O–H groups in total. The van der Waals surface area contributed by atoms with E-state index in [1.165, 1.54) is 0 Å². The van der Waals surface area contributed by atoms with Crippen LogP contribution in [0.1, 0.15) is 18.9 Å². The van der Waals surface area contributed by atoms with Crippen molar-refractivity contribution in [3.05, 3.63) is 8.02 Å². The zero-order chi connectivity index (χ0) is 8.27. The Morgan fingerprint density at radius 3 is 2.73 bits per heavy atom. The fraction of sp³-hybridized carbons (Fsp3) is 0.667. The maximum absolute atomic E-state index is 5.35. The molecule has 5 heteroatoms. The predicted molar refractivity (Wildman–Crippen MR) is 52.6 cm³/mol. The number of halogens is 1. The summed E-state index contributed by atoms with van der Waals surface area (Å²) >= 11 is 3.72.